The third kappa shape index (κ3) is 3.30. The molecule has 8 heteroatoms. The van der Waals surface area contributed by atoms with Crippen LogP contribution in [0.2, 0.25) is 0 Å². The van der Waals surface area contributed by atoms with Gasteiger partial charge in [-0.2, -0.15) is 9.61 Å². The molecule has 1 saturated carbocycles. The maximum Gasteiger partial charge on any atom is 0.341 e. The van der Waals surface area contributed by atoms with Gasteiger partial charge < -0.3 is 10.1 Å². The van der Waals surface area contributed by atoms with Crippen molar-refractivity contribution in [3.63, 3.8) is 0 Å². The molecular formula is C23H21N5O3. The molecule has 1 fully saturated rings. The number of aromatic amines is 1. The quantitative estimate of drug-likeness (QED) is 0.524. The molecule has 0 bridgehead atoms. The number of aromatic nitrogens is 5. The van der Waals surface area contributed by atoms with E-state index >= 15 is 0 Å². The van der Waals surface area contributed by atoms with Crippen LogP contribution in [0.15, 0.2) is 47.5 Å². The van der Waals surface area contributed by atoms with Crippen molar-refractivity contribution in [3.8, 4) is 22.6 Å². The number of hydrogen-bond donors (Lipinski definition) is 2. The monoisotopic (exact) mass is 415 g/mol. The molecule has 156 valence electrons. The van der Waals surface area contributed by atoms with Crippen LogP contribution < -0.4 is 5.56 Å². The van der Waals surface area contributed by atoms with E-state index in [1.54, 1.807) is 6.92 Å². The first-order chi connectivity index (χ1) is 15.0. The van der Waals surface area contributed by atoms with Gasteiger partial charge in [-0.3, -0.25) is 14.8 Å². The molecule has 0 amide bonds. The van der Waals surface area contributed by atoms with Crippen LogP contribution in [-0.4, -0.2) is 35.6 Å². The minimum absolute atomic E-state index is 0.106. The van der Waals surface area contributed by atoms with Crippen LogP contribution in [0.1, 0.15) is 53.2 Å². The number of nitrogens with zero attached hydrogens (tertiary/aromatic N) is 4. The Kier molecular flexibility index (Phi) is 4.62. The second kappa shape index (κ2) is 7.46. The SMILES string of the molecule is Cc1nccnc1-c1nn2c(=O)cc(-c3ccc(C4CCCC4)cc3)[nH]c2c1C(=O)O. The fourth-order valence-corrected chi connectivity index (χ4v) is 4.40. The number of aryl methyl sites for hydroxylation is 1. The fourth-order valence-electron chi connectivity index (χ4n) is 4.40. The molecule has 31 heavy (non-hydrogen) atoms. The molecule has 0 aliphatic heterocycles. The lowest BCUT2D eigenvalue weighted by Gasteiger charge is -2.10. The van der Waals surface area contributed by atoms with Crippen molar-refractivity contribution in [2.24, 2.45) is 0 Å². The second-order valence-electron chi connectivity index (χ2n) is 7.90. The van der Waals surface area contributed by atoms with Gasteiger partial charge in [0.25, 0.3) is 5.56 Å². The lowest BCUT2D eigenvalue weighted by Crippen LogP contribution is -2.15. The molecule has 0 unspecified atom stereocenters. The first-order valence-electron chi connectivity index (χ1n) is 10.3. The molecule has 1 aromatic carbocycles. The van der Waals surface area contributed by atoms with Gasteiger partial charge in [0, 0.05) is 18.5 Å². The van der Waals surface area contributed by atoms with Gasteiger partial charge in [0.2, 0.25) is 0 Å². The highest BCUT2D eigenvalue weighted by molar-refractivity contribution is 6.01. The minimum Gasteiger partial charge on any atom is -0.477 e. The summed E-state index contributed by atoms with van der Waals surface area (Å²) < 4.78 is 1.07. The van der Waals surface area contributed by atoms with Gasteiger partial charge in [0.05, 0.1) is 11.4 Å². The van der Waals surface area contributed by atoms with Crippen LogP contribution in [0, 0.1) is 6.92 Å². The van der Waals surface area contributed by atoms with Crippen LogP contribution in [0.4, 0.5) is 0 Å². The molecular weight excluding hydrogens is 394 g/mol. The van der Waals surface area contributed by atoms with Crippen LogP contribution in [0.5, 0.6) is 0 Å². The first-order valence-corrected chi connectivity index (χ1v) is 10.3. The number of aromatic carboxylic acids is 1. The fraction of sp³-hybridized carbons (Fsp3) is 0.261. The predicted octanol–water partition coefficient (Wildman–Crippen LogP) is 3.81. The molecule has 8 nitrogen and oxygen atoms in total. The number of carboxylic acids is 1. The van der Waals surface area contributed by atoms with Gasteiger partial charge in [0.1, 0.15) is 17.0 Å². The van der Waals surface area contributed by atoms with Crippen molar-refractivity contribution < 1.29 is 9.90 Å². The summed E-state index contributed by atoms with van der Waals surface area (Å²) in [5.41, 5.74) is 3.23. The van der Waals surface area contributed by atoms with Crippen LogP contribution >= 0.6 is 0 Å². The highest BCUT2D eigenvalue weighted by atomic mass is 16.4. The van der Waals surface area contributed by atoms with Crippen LogP contribution in [0.3, 0.4) is 0 Å². The Morgan fingerprint density at radius 3 is 2.48 bits per heavy atom. The van der Waals surface area contributed by atoms with Crippen molar-refractivity contribution in [1.82, 2.24) is 24.6 Å². The number of hydrogen-bond acceptors (Lipinski definition) is 5. The number of carboxylic acid groups (broad SMARTS) is 1. The Hall–Kier alpha value is -3.81. The number of rotatable bonds is 4. The average molecular weight is 415 g/mol. The van der Waals surface area contributed by atoms with Gasteiger partial charge in [0.15, 0.2) is 5.65 Å². The Bertz CT molecular complexity index is 1350. The standard InChI is InChI=1S/C23H21N5O3/c1-13-20(25-11-10-24-13)21-19(23(30)31)22-26-17(12-18(29)28(22)27-21)16-8-6-15(7-9-16)14-4-2-3-5-14/h6-12,14,26H,2-5H2,1H3,(H,30,31). The Morgan fingerprint density at radius 1 is 1.10 bits per heavy atom. The van der Waals surface area contributed by atoms with Gasteiger partial charge in [-0.25, -0.2) is 4.79 Å². The molecule has 3 heterocycles. The Balaban J connectivity index is 1.65. The molecule has 2 N–H and O–H groups in total. The summed E-state index contributed by atoms with van der Waals surface area (Å²) in [7, 11) is 0. The maximum absolute atomic E-state index is 12.8. The number of H-pyrrole nitrogens is 1. The normalized spacial score (nSPS) is 14.4. The van der Waals surface area contributed by atoms with E-state index in [0.717, 1.165) is 10.1 Å². The molecule has 0 atom stereocenters. The summed E-state index contributed by atoms with van der Waals surface area (Å²) in [6.07, 6.45) is 7.95. The zero-order valence-corrected chi connectivity index (χ0v) is 17.0. The minimum atomic E-state index is -1.19. The van der Waals surface area contributed by atoms with Crippen LogP contribution in [-0.2, 0) is 0 Å². The molecule has 0 saturated heterocycles. The average Bonchev–Trinajstić information content (AvgIpc) is 3.42. The Labute approximate surface area is 177 Å². The smallest absolute Gasteiger partial charge is 0.341 e. The zero-order chi connectivity index (χ0) is 21.5. The van der Waals surface area contributed by atoms with E-state index in [1.165, 1.54) is 49.7 Å². The molecule has 0 spiro atoms. The number of benzene rings is 1. The van der Waals surface area contributed by atoms with E-state index in [2.05, 4.69) is 32.2 Å². The van der Waals surface area contributed by atoms with Crippen molar-refractivity contribution >= 4 is 11.6 Å². The van der Waals surface area contributed by atoms with E-state index in [1.807, 2.05) is 12.1 Å². The van der Waals surface area contributed by atoms with Crippen LogP contribution in [0.25, 0.3) is 28.3 Å². The molecule has 1 aliphatic carbocycles. The van der Waals surface area contributed by atoms with Gasteiger partial charge in [-0.05, 0) is 36.8 Å². The van der Waals surface area contributed by atoms with Gasteiger partial charge in [-0.1, -0.05) is 37.1 Å². The van der Waals surface area contributed by atoms with Gasteiger partial charge in [-0.15, -0.1) is 0 Å². The summed E-state index contributed by atoms with van der Waals surface area (Å²) in [5.74, 6) is -0.596. The maximum atomic E-state index is 12.8. The summed E-state index contributed by atoms with van der Waals surface area (Å²) >= 11 is 0. The van der Waals surface area contributed by atoms with Crippen molar-refractivity contribution in [3.05, 3.63) is 69.9 Å². The van der Waals surface area contributed by atoms with E-state index in [9.17, 15) is 14.7 Å². The lowest BCUT2D eigenvalue weighted by molar-refractivity contribution is 0.0699. The molecule has 0 radical (unpaired) electrons. The summed E-state index contributed by atoms with van der Waals surface area (Å²) in [6.45, 7) is 1.72. The topological polar surface area (TPSA) is 113 Å². The van der Waals surface area contributed by atoms with E-state index in [-0.39, 0.29) is 16.9 Å². The number of carbonyl (C=O) groups is 1. The third-order valence-electron chi connectivity index (χ3n) is 5.98. The molecule has 5 rings (SSSR count). The van der Waals surface area contributed by atoms with Crippen molar-refractivity contribution in [1.29, 1.82) is 0 Å². The number of nitrogens with one attached hydrogen (secondary N) is 1. The predicted molar refractivity (Wildman–Crippen MR) is 115 cm³/mol. The van der Waals surface area contributed by atoms with Crippen molar-refractivity contribution in [2.75, 3.05) is 0 Å². The van der Waals surface area contributed by atoms with E-state index in [0.29, 0.717) is 23.0 Å². The molecule has 1 aliphatic rings. The lowest BCUT2D eigenvalue weighted by atomic mass is 9.96. The zero-order valence-electron chi connectivity index (χ0n) is 17.0. The summed E-state index contributed by atoms with van der Waals surface area (Å²) in [4.78, 5) is 36.4. The summed E-state index contributed by atoms with van der Waals surface area (Å²) in [6, 6.07) is 9.57. The molecule has 3 aromatic heterocycles. The largest absolute Gasteiger partial charge is 0.477 e. The van der Waals surface area contributed by atoms with Gasteiger partial charge >= 0.3 is 5.97 Å². The first kappa shape index (κ1) is 19.2. The summed E-state index contributed by atoms with van der Waals surface area (Å²) in [5, 5.41) is 14.1. The Morgan fingerprint density at radius 2 is 1.81 bits per heavy atom. The highest BCUT2D eigenvalue weighted by Crippen LogP contribution is 2.35. The van der Waals surface area contributed by atoms with E-state index < -0.39 is 11.5 Å². The number of fused-ring (bicyclic) bond motifs is 1. The third-order valence-corrected chi connectivity index (χ3v) is 5.98. The van der Waals surface area contributed by atoms with Crippen molar-refractivity contribution in [2.45, 2.75) is 38.5 Å². The van der Waals surface area contributed by atoms with E-state index in [4.69, 9.17) is 0 Å². The highest BCUT2D eigenvalue weighted by Gasteiger charge is 2.25. The second-order valence-corrected chi connectivity index (χ2v) is 7.90. The molecule has 4 aromatic rings.